The van der Waals surface area contributed by atoms with Gasteiger partial charge in [-0.25, -0.2) is 4.79 Å². The predicted octanol–water partition coefficient (Wildman–Crippen LogP) is 0.775. The number of amides is 3. The number of imide groups is 1. The summed E-state index contributed by atoms with van der Waals surface area (Å²) in [4.78, 5) is 22.5. The highest BCUT2D eigenvalue weighted by Crippen LogP contribution is 2.33. The Kier molecular flexibility index (Phi) is 1.78. The maximum absolute atomic E-state index is 11.5. The number of nitrogens with one attached hydrogen (secondary N) is 2. The van der Waals surface area contributed by atoms with Crippen molar-refractivity contribution in [3.05, 3.63) is 0 Å². The molecule has 0 bridgehead atoms. The van der Waals surface area contributed by atoms with Crippen LogP contribution in [0.5, 0.6) is 0 Å². The fourth-order valence-corrected chi connectivity index (χ4v) is 2.40. The lowest BCUT2D eigenvalue weighted by Crippen LogP contribution is -2.49. The van der Waals surface area contributed by atoms with Gasteiger partial charge < -0.3 is 5.32 Å². The predicted molar refractivity (Wildman–Crippen MR) is 47.0 cm³/mol. The van der Waals surface area contributed by atoms with E-state index >= 15 is 0 Å². The molecule has 0 unspecified atom stereocenters. The summed E-state index contributed by atoms with van der Waals surface area (Å²) in [5.74, 6) is 0.391. The first-order valence-electron chi connectivity index (χ1n) is 4.76. The normalized spacial score (nSPS) is 39.0. The van der Waals surface area contributed by atoms with Crippen molar-refractivity contribution in [2.45, 2.75) is 38.1 Å². The molecule has 3 amide bonds. The second-order valence-corrected chi connectivity index (χ2v) is 4.19. The van der Waals surface area contributed by atoms with Crippen LogP contribution in [-0.2, 0) is 4.79 Å². The number of carbonyl (C=O) groups excluding carboxylic acids is 2. The summed E-state index contributed by atoms with van der Waals surface area (Å²) in [6.45, 7) is 2.12. The molecule has 1 heterocycles. The molecule has 2 rings (SSSR count). The molecular formula is C9H14N2O2. The monoisotopic (exact) mass is 182 g/mol. The molecule has 1 aliphatic heterocycles. The summed E-state index contributed by atoms with van der Waals surface area (Å²) in [5, 5.41) is 5.06. The third-order valence-electron chi connectivity index (χ3n) is 3.01. The molecule has 2 N–H and O–H groups in total. The largest absolute Gasteiger partial charge is 0.323 e. The van der Waals surface area contributed by atoms with Crippen LogP contribution in [0.15, 0.2) is 0 Å². The molecule has 0 aromatic carbocycles. The zero-order valence-corrected chi connectivity index (χ0v) is 7.72. The zero-order valence-electron chi connectivity index (χ0n) is 7.72. The van der Waals surface area contributed by atoms with Crippen LogP contribution in [0, 0.1) is 5.92 Å². The molecular weight excluding hydrogens is 168 g/mol. The topological polar surface area (TPSA) is 58.2 Å². The number of hydrogen-bond acceptors (Lipinski definition) is 2. The van der Waals surface area contributed by atoms with Gasteiger partial charge in [0, 0.05) is 0 Å². The van der Waals surface area contributed by atoms with E-state index in [1.54, 1.807) is 0 Å². The van der Waals surface area contributed by atoms with Gasteiger partial charge in [-0.05, 0) is 18.8 Å². The van der Waals surface area contributed by atoms with Gasteiger partial charge in [0.25, 0.3) is 5.91 Å². The quantitative estimate of drug-likeness (QED) is 0.544. The summed E-state index contributed by atoms with van der Waals surface area (Å²) in [5.41, 5.74) is -0.575. The van der Waals surface area contributed by atoms with E-state index in [1.165, 1.54) is 0 Å². The van der Waals surface area contributed by atoms with Gasteiger partial charge in [0.1, 0.15) is 5.54 Å². The van der Waals surface area contributed by atoms with Crippen molar-refractivity contribution < 1.29 is 9.59 Å². The summed E-state index contributed by atoms with van der Waals surface area (Å²) in [6.07, 6.45) is 3.75. The second-order valence-electron chi connectivity index (χ2n) is 4.19. The van der Waals surface area contributed by atoms with Gasteiger partial charge in [-0.1, -0.05) is 19.8 Å². The van der Waals surface area contributed by atoms with Crippen LogP contribution in [0.2, 0.25) is 0 Å². The number of urea groups is 1. The van der Waals surface area contributed by atoms with Crippen LogP contribution in [0.25, 0.3) is 0 Å². The molecule has 13 heavy (non-hydrogen) atoms. The molecule has 1 aliphatic carbocycles. The molecule has 1 saturated heterocycles. The first-order chi connectivity index (χ1) is 6.12. The summed E-state index contributed by atoms with van der Waals surface area (Å²) in [6, 6.07) is -0.334. The summed E-state index contributed by atoms with van der Waals surface area (Å²) in [7, 11) is 0. The lowest BCUT2D eigenvalue weighted by Gasteiger charge is -2.33. The average molecular weight is 182 g/mol. The standard InChI is InChI=1S/C9H14N2O2/c1-6-3-2-4-9(5-6)7(12)10-8(13)11-9/h6H,2-5H2,1H3,(H2,10,11,12,13)/t6-,9+/m0/s1. The lowest BCUT2D eigenvalue weighted by molar-refractivity contribution is -0.125. The molecule has 2 fully saturated rings. The van der Waals surface area contributed by atoms with E-state index in [1.807, 2.05) is 0 Å². The number of carbonyl (C=O) groups is 2. The third kappa shape index (κ3) is 1.30. The molecule has 2 atom stereocenters. The third-order valence-corrected chi connectivity index (χ3v) is 3.01. The fourth-order valence-electron chi connectivity index (χ4n) is 2.40. The van der Waals surface area contributed by atoms with E-state index in [2.05, 4.69) is 17.6 Å². The van der Waals surface area contributed by atoms with E-state index < -0.39 is 5.54 Å². The Bertz CT molecular complexity index is 264. The smallest absolute Gasteiger partial charge is 0.322 e. The van der Waals surface area contributed by atoms with Crippen LogP contribution in [0.3, 0.4) is 0 Å². The SMILES string of the molecule is C[C@H]1CCC[C@]2(C1)NC(=O)NC2=O. The van der Waals surface area contributed by atoms with Crippen LogP contribution in [-0.4, -0.2) is 17.5 Å². The minimum atomic E-state index is -0.575. The number of hydrogen-bond donors (Lipinski definition) is 2. The molecule has 0 aromatic rings. The van der Waals surface area contributed by atoms with Gasteiger partial charge >= 0.3 is 6.03 Å². The highest BCUT2D eigenvalue weighted by atomic mass is 16.2. The highest BCUT2D eigenvalue weighted by Gasteiger charge is 2.47. The Balaban J connectivity index is 2.19. The Labute approximate surface area is 77.1 Å². The Morgan fingerprint density at radius 2 is 2.23 bits per heavy atom. The van der Waals surface area contributed by atoms with E-state index in [4.69, 9.17) is 0 Å². The van der Waals surface area contributed by atoms with Gasteiger partial charge in [0.05, 0.1) is 0 Å². The minimum Gasteiger partial charge on any atom is -0.323 e. The Morgan fingerprint density at radius 3 is 2.77 bits per heavy atom. The van der Waals surface area contributed by atoms with Gasteiger partial charge in [0.2, 0.25) is 0 Å². The molecule has 72 valence electrons. The molecule has 4 heteroatoms. The van der Waals surface area contributed by atoms with Crippen molar-refractivity contribution in [1.29, 1.82) is 0 Å². The van der Waals surface area contributed by atoms with Crippen molar-refractivity contribution >= 4 is 11.9 Å². The Hall–Kier alpha value is -1.06. The molecule has 4 nitrogen and oxygen atoms in total. The van der Waals surface area contributed by atoms with Gasteiger partial charge in [-0.15, -0.1) is 0 Å². The highest BCUT2D eigenvalue weighted by molar-refractivity contribution is 6.07. The fraction of sp³-hybridized carbons (Fsp3) is 0.778. The first kappa shape index (κ1) is 8.53. The van der Waals surface area contributed by atoms with Crippen molar-refractivity contribution in [2.24, 2.45) is 5.92 Å². The van der Waals surface area contributed by atoms with Crippen LogP contribution in [0.1, 0.15) is 32.6 Å². The maximum Gasteiger partial charge on any atom is 0.322 e. The van der Waals surface area contributed by atoms with E-state index in [-0.39, 0.29) is 11.9 Å². The van der Waals surface area contributed by atoms with Gasteiger partial charge in [0.15, 0.2) is 0 Å². The zero-order chi connectivity index (χ0) is 9.47. The summed E-state index contributed by atoms with van der Waals surface area (Å²) < 4.78 is 0. The molecule has 0 radical (unpaired) electrons. The summed E-state index contributed by atoms with van der Waals surface area (Å²) >= 11 is 0. The van der Waals surface area contributed by atoms with Crippen LogP contribution >= 0.6 is 0 Å². The minimum absolute atomic E-state index is 0.135. The van der Waals surface area contributed by atoms with E-state index in [0.717, 1.165) is 25.7 Å². The van der Waals surface area contributed by atoms with Gasteiger partial charge in [-0.2, -0.15) is 0 Å². The van der Waals surface area contributed by atoms with Crippen LogP contribution in [0.4, 0.5) is 4.79 Å². The lowest BCUT2D eigenvalue weighted by atomic mass is 9.76. The van der Waals surface area contributed by atoms with Gasteiger partial charge in [-0.3, -0.25) is 10.1 Å². The average Bonchev–Trinajstić information content (AvgIpc) is 2.26. The molecule has 1 spiro atoms. The van der Waals surface area contributed by atoms with Crippen molar-refractivity contribution in [2.75, 3.05) is 0 Å². The Morgan fingerprint density at radius 1 is 1.46 bits per heavy atom. The number of rotatable bonds is 0. The van der Waals surface area contributed by atoms with Crippen molar-refractivity contribution in [1.82, 2.24) is 10.6 Å². The van der Waals surface area contributed by atoms with E-state index in [0.29, 0.717) is 5.92 Å². The van der Waals surface area contributed by atoms with E-state index in [9.17, 15) is 9.59 Å². The molecule has 0 aromatic heterocycles. The molecule has 2 aliphatic rings. The second kappa shape index (κ2) is 2.72. The maximum atomic E-state index is 11.5. The molecule has 1 saturated carbocycles. The van der Waals surface area contributed by atoms with Crippen molar-refractivity contribution in [3.63, 3.8) is 0 Å². The van der Waals surface area contributed by atoms with Crippen molar-refractivity contribution in [3.8, 4) is 0 Å². The first-order valence-corrected chi connectivity index (χ1v) is 4.76. The van der Waals surface area contributed by atoms with Crippen LogP contribution < -0.4 is 10.6 Å².